The third-order valence-corrected chi connectivity index (χ3v) is 9.90. The van der Waals surface area contributed by atoms with E-state index in [9.17, 15) is 23.2 Å². The predicted molar refractivity (Wildman–Crippen MR) is 117 cm³/mol. The third-order valence-electron chi connectivity index (χ3n) is 5.97. The van der Waals surface area contributed by atoms with Gasteiger partial charge in [-0.2, -0.15) is 15.1 Å². The van der Waals surface area contributed by atoms with E-state index < -0.39 is 53.2 Å². The van der Waals surface area contributed by atoms with Crippen LogP contribution in [-0.2, 0) is 19.1 Å². The van der Waals surface area contributed by atoms with Crippen LogP contribution in [0.4, 0.5) is 5.82 Å². The molecule has 0 unspecified atom stereocenters. The molecular weight excluding hydrogens is 501 g/mol. The number of hydrogen-bond donors (Lipinski definition) is 5. The lowest BCUT2D eigenvalue weighted by atomic mass is 10.1. The maximum atomic E-state index is 12.1. The van der Waals surface area contributed by atoms with E-state index in [2.05, 4.69) is 27.3 Å². The van der Waals surface area contributed by atoms with Gasteiger partial charge >= 0.3 is 7.60 Å². The standard InChI is InChI=1S/C17H25ClN5O8PS/c1-8-3-2-4-10(8)20-14-9-5-19-23(15(9)22-17(18)21-14)16-13(25)12(24)11(31-16)6-33(29,30)7-32(26,27)28/h5,8,10-13,16,24-25H,2-4,6-7H2,1H3,(H,20,21,22)(H2,26,27,28)/t8-,10+,11+,12+,13+,16+/m0/s1. The molecule has 1 aliphatic carbocycles. The molecule has 2 aromatic rings. The Balaban J connectivity index is 1.60. The van der Waals surface area contributed by atoms with Gasteiger partial charge in [0.2, 0.25) is 5.28 Å². The van der Waals surface area contributed by atoms with Crippen LogP contribution in [0.5, 0.6) is 0 Å². The summed E-state index contributed by atoms with van der Waals surface area (Å²) < 4.78 is 42.0. The number of hydrogen-bond acceptors (Lipinski definition) is 10. The van der Waals surface area contributed by atoms with Gasteiger partial charge in [-0.25, -0.2) is 13.1 Å². The summed E-state index contributed by atoms with van der Waals surface area (Å²) in [7, 11) is -9.14. The van der Waals surface area contributed by atoms with Crippen molar-refractivity contribution in [1.82, 2.24) is 19.7 Å². The van der Waals surface area contributed by atoms with Crippen LogP contribution in [0.3, 0.4) is 0 Å². The van der Waals surface area contributed by atoms with Crippen LogP contribution in [-0.4, -0.2) is 83.8 Å². The number of nitrogens with one attached hydrogen (secondary N) is 1. The van der Waals surface area contributed by atoms with Crippen molar-refractivity contribution in [2.24, 2.45) is 5.92 Å². The first-order valence-electron chi connectivity index (χ1n) is 10.3. The van der Waals surface area contributed by atoms with Crippen molar-refractivity contribution in [3.63, 3.8) is 0 Å². The molecule has 16 heteroatoms. The normalized spacial score (nSPS) is 30.8. The zero-order valence-electron chi connectivity index (χ0n) is 17.5. The van der Waals surface area contributed by atoms with Gasteiger partial charge in [0, 0.05) is 6.04 Å². The maximum absolute atomic E-state index is 12.1. The molecule has 1 saturated carbocycles. The molecule has 0 amide bonds. The lowest BCUT2D eigenvalue weighted by Crippen LogP contribution is -2.36. The Morgan fingerprint density at radius 3 is 2.64 bits per heavy atom. The van der Waals surface area contributed by atoms with Crippen molar-refractivity contribution in [3.05, 3.63) is 11.5 Å². The van der Waals surface area contributed by atoms with Crippen LogP contribution in [0.15, 0.2) is 6.20 Å². The van der Waals surface area contributed by atoms with Crippen molar-refractivity contribution in [2.45, 2.75) is 56.8 Å². The minimum atomic E-state index is -4.85. The molecule has 33 heavy (non-hydrogen) atoms. The maximum Gasteiger partial charge on any atom is 0.340 e. The van der Waals surface area contributed by atoms with Gasteiger partial charge in [0.25, 0.3) is 0 Å². The number of aliphatic hydroxyl groups is 2. The fourth-order valence-corrected chi connectivity index (χ4v) is 7.77. The molecule has 0 bridgehead atoms. The van der Waals surface area contributed by atoms with Crippen LogP contribution >= 0.6 is 19.2 Å². The highest BCUT2D eigenvalue weighted by Gasteiger charge is 2.47. The Morgan fingerprint density at radius 1 is 1.27 bits per heavy atom. The summed E-state index contributed by atoms with van der Waals surface area (Å²) >= 11 is 6.11. The van der Waals surface area contributed by atoms with Crippen LogP contribution in [0.1, 0.15) is 32.4 Å². The second-order valence-electron chi connectivity index (χ2n) is 8.58. The van der Waals surface area contributed by atoms with E-state index in [1.54, 1.807) is 0 Å². The van der Waals surface area contributed by atoms with E-state index in [0.29, 0.717) is 17.1 Å². The molecule has 4 rings (SSSR count). The van der Waals surface area contributed by atoms with Gasteiger partial charge in [-0.1, -0.05) is 13.3 Å². The molecule has 0 aromatic carbocycles. The van der Waals surface area contributed by atoms with Gasteiger partial charge in [-0.15, -0.1) is 0 Å². The number of ether oxygens (including phenoxy) is 1. The first-order valence-corrected chi connectivity index (χ1v) is 14.3. The van der Waals surface area contributed by atoms with Gasteiger partial charge in [-0.05, 0) is 30.4 Å². The predicted octanol–water partition coefficient (Wildman–Crippen LogP) is 0.249. The SMILES string of the molecule is C[C@H]1CCC[C@H]1Nc1nc(Cl)nc2c1cnn2[C@@H]1O[C@H](CS(=O)(=O)CP(=O)(O)O)[C@@H](O)[C@H]1O. The smallest absolute Gasteiger partial charge is 0.340 e. The molecule has 3 heterocycles. The van der Waals surface area contributed by atoms with E-state index in [4.69, 9.17) is 26.1 Å². The van der Waals surface area contributed by atoms with Crippen LogP contribution in [0.25, 0.3) is 11.0 Å². The van der Waals surface area contributed by atoms with Crippen molar-refractivity contribution in [2.75, 3.05) is 16.6 Å². The monoisotopic (exact) mass is 525 g/mol. The highest BCUT2D eigenvalue weighted by Crippen LogP contribution is 2.38. The van der Waals surface area contributed by atoms with Crippen molar-refractivity contribution >= 4 is 45.9 Å². The fourth-order valence-electron chi connectivity index (χ4n) is 4.36. The summed E-state index contributed by atoms with van der Waals surface area (Å²) in [4.78, 5) is 26.4. The van der Waals surface area contributed by atoms with E-state index in [-0.39, 0.29) is 17.0 Å². The van der Waals surface area contributed by atoms with Crippen LogP contribution < -0.4 is 5.32 Å². The van der Waals surface area contributed by atoms with Gasteiger partial charge in [0.05, 0.1) is 17.3 Å². The van der Waals surface area contributed by atoms with E-state index in [0.717, 1.165) is 19.3 Å². The lowest BCUT2D eigenvalue weighted by Gasteiger charge is -2.19. The Kier molecular flexibility index (Phi) is 6.75. The summed E-state index contributed by atoms with van der Waals surface area (Å²) in [5, 5.41) is 28.8. The summed E-state index contributed by atoms with van der Waals surface area (Å²) in [6.45, 7) is 2.14. The number of rotatable bonds is 7. The fraction of sp³-hybridized carbons (Fsp3) is 0.706. The molecule has 6 atom stereocenters. The number of aliphatic hydroxyl groups excluding tert-OH is 2. The quantitative estimate of drug-likeness (QED) is 0.244. The largest absolute Gasteiger partial charge is 0.387 e. The van der Waals surface area contributed by atoms with Crippen molar-refractivity contribution < 1.29 is 37.7 Å². The van der Waals surface area contributed by atoms with Crippen LogP contribution in [0.2, 0.25) is 5.28 Å². The number of aromatic nitrogens is 4. The highest BCUT2D eigenvalue weighted by atomic mass is 35.5. The summed E-state index contributed by atoms with van der Waals surface area (Å²) in [6, 6.07) is 0.196. The topological polar surface area (TPSA) is 197 Å². The molecule has 0 spiro atoms. The minimum absolute atomic E-state index is 0.0776. The Morgan fingerprint density at radius 2 is 2.00 bits per heavy atom. The molecule has 2 fully saturated rings. The average molecular weight is 526 g/mol. The second-order valence-corrected chi connectivity index (χ2v) is 13.1. The first kappa shape index (κ1) is 24.7. The zero-order valence-corrected chi connectivity index (χ0v) is 20.0. The Bertz CT molecular complexity index is 1190. The average Bonchev–Trinajstić information content (AvgIpc) is 3.34. The summed E-state index contributed by atoms with van der Waals surface area (Å²) in [6.07, 6.45) is -1.36. The third kappa shape index (κ3) is 5.33. The molecular formula is C17H25ClN5O8PS. The van der Waals surface area contributed by atoms with Gasteiger partial charge < -0.3 is 30.1 Å². The minimum Gasteiger partial charge on any atom is -0.387 e. The number of halogens is 1. The Hall–Kier alpha value is -1.38. The molecule has 13 nitrogen and oxygen atoms in total. The molecule has 1 aliphatic heterocycles. The van der Waals surface area contributed by atoms with E-state index >= 15 is 0 Å². The number of nitrogens with zero attached hydrogens (tertiary/aromatic N) is 4. The molecule has 0 radical (unpaired) electrons. The number of fused-ring (bicyclic) bond motifs is 1. The second kappa shape index (κ2) is 9.00. The summed E-state index contributed by atoms with van der Waals surface area (Å²) in [5.74, 6) is 0.00682. The van der Waals surface area contributed by atoms with Gasteiger partial charge in [0.1, 0.15) is 24.1 Å². The van der Waals surface area contributed by atoms with Gasteiger partial charge in [-0.3, -0.25) is 4.57 Å². The number of sulfone groups is 1. The van der Waals surface area contributed by atoms with Crippen molar-refractivity contribution in [3.8, 4) is 0 Å². The van der Waals surface area contributed by atoms with Crippen LogP contribution in [0, 0.1) is 5.92 Å². The van der Waals surface area contributed by atoms with Gasteiger partial charge in [0.15, 0.2) is 27.2 Å². The molecule has 184 valence electrons. The van der Waals surface area contributed by atoms with E-state index in [1.165, 1.54) is 10.9 Å². The van der Waals surface area contributed by atoms with Crippen molar-refractivity contribution in [1.29, 1.82) is 0 Å². The molecule has 2 aliphatic rings. The molecule has 5 N–H and O–H groups in total. The molecule has 2 aromatic heterocycles. The first-order chi connectivity index (χ1) is 15.3. The molecule has 1 saturated heterocycles. The van der Waals surface area contributed by atoms with E-state index in [1.807, 2.05) is 0 Å². The zero-order chi connectivity index (χ0) is 24.1. The lowest BCUT2D eigenvalue weighted by molar-refractivity contribution is -0.0364. The summed E-state index contributed by atoms with van der Waals surface area (Å²) in [5.41, 5.74) is -1.19. The number of anilines is 1. The Labute approximate surface area is 194 Å². The highest BCUT2D eigenvalue weighted by molar-refractivity contribution is 7.97.